The van der Waals surface area contributed by atoms with Crippen LogP contribution in [0.2, 0.25) is 0 Å². The van der Waals surface area contributed by atoms with Gasteiger partial charge in [-0.05, 0) is 6.42 Å². The first-order valence-corrected chi connectivity index (χ1v) is 6.01. The molecule has 0 N–H and O–H groups in total. The van der Waals surface area contributed by atoms with Gasteiger partial charge in [0.15, 0.2) is 0 Å². The van der Waals surface area contributed by atoms with Gasteiger partial charge in [0.1, 0.15) is 0 Å². The van der Waals surface area contributed by atoms with Crippen LogP contribution in [0.1, 0.15) is 19.8 Å². The van der Waals surface area contributed by atoms with Gasteiger partial charge in [0.2, 0.25) is 0 Å². The molecule has 0 unspecified atom stereocenters. The topological polar surface area (TPSA) is 23.6 Å². The van der Waals surface area contributed by atoms with Crippen LogP contribution in [0, 0.1) is 0 Å². The number of hydrogen-bond acceptors (Lipinski definition) is 1. The van der Waals surface area contributed by atoms with Crippen molar-refractivity contribution in [3.63, 3.8) is 0 Å². The average molecular weight is 249 g/mol. The van der Waals surface area contributed by atoms with Crippen LogP contribution < -0.4 is 0 Å². The molecule has 1 saturated heterocycles. The zero-order valence-corrected chi connectivity index (χ0v) is 9.72. The van der Waals surface area contributed by atoms with E-state index in [0.717, 1.165) is 44.4 Å². The second-order valence-electron chi connectivity index (χ2n) is 3.30. The van der Waals surface area contributed by atoms with Crippen LogP contribution in [0.15, 0.2) is 0 Å². The van der Waals surface area contributed by atoms with Crippen molar-refractivity contribution in [3.05, 3.63) is 0 Å². The van der Waals surface area contributed by atoms with Crippen molar-refractivity contribution in [3.8, 4) is 0 Å². The summed E-state index contributed by atoms with van der Waals surface area (Å²) in [6.07, 6.45) is 2.27. The Morgan fingerprint density at radius 1 is 1.31 bits per heavy atom. The second-order valence-corrected chi connectivity index (χ2v) is 4.09. The van der Waals surface area contributed by atoms with Gasteiger partial charge >= 0.3 is 6.03 Å². The Labute approximate surface area is 88.2 Å². The number of halogens is 1. The molecule has 0 aliphatic carbocycles. The molecule has 0 atom stereocenters. The van der Waals surface area contributed by atoms with Gasteiger partial charge in [-0.15, -0.1) is 0 Å². The van der Waals surface area contributed by atoms with Gasteiger partial charge in [0.05, 0.1) is 0 Å². The Balaban J connectivity index is 2.32. The van der Waals surface area contributed by atoms with Crippen LogP contribution in [0.25, 0.3) is 0 Å². The number of urea groups is 1. The van der Waals surface area contributed by atoms with E-state index in [1.165, 1.54) is 0 Å². The van der Waals surface area contributed by atoms with Crippen molar-refractivity contribution in [1.82, 2.24) is 9.80 Å². The fraction of sp³-hybridized carbons (Fsp3) is 0.889. The van der Waals surface area contributed by atoms with Crippen LogP contribution in [0.5, 0.6) is 0 Å². The highest BCUT2D eigenvalue weighted by molar-refractivity contribution is 9.09. The van der Waals surface area contributed by atoms with E-state index in [-0.39, 0.29) is 6.03 Å². The summed E-state index contributed by atoms with van der Waals surface area (Å²) in [5.41, 5.74) is 0. The second kappa shape index (κ2) is 5.47. The fourth-order valence-corrected chi connectivity index (χ4v) is 1.93. The molecular formula is C9H17BrN2O. The number of nitrogens with zero attached hydrogens (tertiary/aromatic N) is 2. The lowest BCUT2D eigenvalue weighted by molar-refractivity contribution is 0.193. The summed E-state index contributed by atoms with van der Waals surface area (Å²) >= 11 is 3.35. The van der Waals surface area contributed by atoms with Crippen LogP contribution in [0.4, 0.5) is 4.79 Å². The van der Waals surface area contributed by atoms with E-state index in [1.807, 2.05) is 9.80 Å². The van der Waals surface area contributed by atoms with Gasteiger partial charge < -0.3 is 9.80 Å². The maximum atomic E-state index is 11.6. The molecule has 1 fully saturated rings. The summed E-state index contributed by atoms with van der Waals surface area (Å²) in [7, 11) is 0. The molecule has 76 valence electrons. The average Bonchev–Trinajstić information content (AvgIpc) is 2.46. The molecule has 0 spiro atoms. The van der Waals surface area contributed by atoms with Crippen molar-refractivity contribution in [1.29, 1.82) is 0 Å². The van der Waals surface area contributed by atoms with Crippen molar-refractivity contribution >= 4 is 22.0 Å². The standard InChI is InChI=1S/C9H17BrN2O/c1-2-3-5-11-7-8-12(6-4-10)9(11)13/h2-8H2,1H3. The molecule has 2 amide bonds. The molecule has 0 saturated carbocycles. The molecule has 3 nitrogen and oxygen atoms in total. The number of rotatable bonds is 5. The Kier molecular flexibility index (Phi) is 4.56. The van der Waals surface area contributed by atoms with Gasteiger partial charge in [-0.2, -0.15) is 0 Å². The normalized spacial score (nSPS) is 17.2. The largest absolute Gasteiger partial charge is 0.323 e. The maximum absolute atomic E-state index is 11.6. The van der Waals surface area contributed by atoms with E-state index in [4.69, 9.17) is 0 Å². The maximum Gasteiger partial charge on any atom is 0.320 e. The predicted molar refractivity (Wildman–Crippen MR) is 57.2 cm³/mol. The minimum absolute atomic E-state index is 0.216. The van der Waals surface area contributed by atoms with E-state index in [9.17, 15) is 4.79 Å². The molecule has 1 aliphatic rings. The molecule has 0 aromatic carbocycles. The first-order chi connectivity index (χ1) is 6.29. The first-order valence-electron chi connectivity index (χ1n) is 4.89. The zero-order chi connectivity index (χ0) is 9.68. The van der Waals surface area contributed by atoms with Crippen molar-refractivity contribution in [2.24, 2.45) is 0 Å². The minimum atomic E-state index is 0.216. The quantitative estimate of drug-likeness (QED) is 0.683. The van der Waals surface area contributed by atoms with Gasteiger partial charge in [-0.3, -0.25) is 0 Å². The highest BCUT2D eigenvalue weighted by atomic mass is 79.9. The summed E-state index contributed by atoms with van der Waals surface area (Å²) in [5.74, 6) is 0. The van der Waals surface area contributed by atoms with Gasteiger partial charge in [0, 0.05) is 31.5 Å². The summed E-state index contributed by atoms with van der Waals surface area (Å²) < 4.78 is 0. The lowest BCUT2D eigenvalue weighted by atomic mass is 10.3. The Hall–Kier alpha value is -0.250. The monoisotopic (exact) mass is 248 g/mol. The van der Waals surface area contributed by atoms with Crippen LogP contribution in [-0.2, 0) is 0 Å². The van der Waals surface area contributed by atoms with Gasteiger partial charge in [-0.25, -0.2) is 4.79 Å². The van der Waals surface area contributed by atoms with E-state index in [1.54, 1.807) is 0 Å². The summed E-state index contributed by atoms with van der Waals surface area (Å²) in [6, 6.07) is 0.216. The smallest absolute Gasteiger partial charge is 0.320 e. The van der Waals surface area contributed by atoms with E-state index < -0.39 is 0 Å². The molecule has 1 rings (SSSR count). The summed E-state index contributed by atoms with van der Waals surface area (Å²) in [6.45, 7) is 5.71. The SMILES string of the molecule is CCCCN1CCN(CCBr)C1=O. The van der Waals surface area contributed by atoms with Crippen molar-refractivity contribution in [2.75, 3.05) is 31.5 Å². The minimum Gasteiger partial charge on any atom is -0.323 e. The van der Waals surface area contributed by atoms with Gasteiger partial charge in [-0.1, -0.05) is 29.3 Å². The van der Waals surface area contributed by atoms with E-state index in [0.29, 0.717) is 0 Å². The number of alkyl halides is 1. The highest BCUT2D eigenvalue weighted by Gasteiger charge is 2.26. The Morgan fingerprint density at radius 3 is 2.46 bits per heavy atom. The lowest BCUT2D eigenvalue weighted by Crippen LogP contribution is -2.33. The molecule has 0 bridgehead atoms. The fourth-order valence-electron chi connectivity index (χ4n) is 1.50. The van der Waals surface area contributed by atoms with Crippen LogP contribution in [-0.4, -0.2) is 47.3 Å². The lowest BCUT2D eigenvalue weighted by Gasteiger charge is -2.17. The number of amides is 2. The number of unbranched alkanes of at least 4 members (excludes halogenated alkanes) is 1. The summed E-state index contributed by atoms with van der Waals surface area (Å²) in [5, 5.41) is 0.875. The number of hydrogen-bond donors (Lipinski definition) is 0. The van der Waals surface area contributed by atoms with Crippen LogP contribution in [0.3, 0.4) is 0 Å². The predicted octanol–water partition coefficient (Wildman–Crippen LogP) is 1.92. The molecule has 4 heteroatoms. The first kappa shape index (κ1) is 10.8. The molecule has 13 heavy (non-hydrogen) atoms. The highest BCUT2D eigenvalue weighted by Crippen LogP contribution is 2.09. The molecule has 1 aliphatic heterocycles. The Bertz CT molecular complexity index is 175. The van der Waals surface area contributed by atoms with Crippen LogP contribution >= 0.6 is 15.9 Å². The molecular weight excluding hydrogens is 232 g/mol. The third-order valence-electron chi connectivity index (χ3n) is 2.32. The molecule has 0 aromatic heterocycles. The Morgan fingerprint density at radius 2 is 1.92 bits per heavy atom. The van der Waals surface area contributed by atoms with Crippen molar-refractivity contribution in [2.45, 2.75) is 19.8 Å². The number of carbonyl (C=O) groups is 1. The summed E-state index contributed by atoms with van der Waals surface area (Å²) in [4.78, 5) is 15.5. The zero-order valence-electron chi connectivity index (χ0n) is 8.13. The third kappa shape index (κ3) is 2.86. The molecule has 1 heterocycles. The molecule has 0 aromatic rings. The van der Waals surface area contributed by atoms with Crippen molar-refractivity contribution < 1.29 is 4.79 Å². The third-order valence-corrected chi connectivity index (χ3v) is 2.67. The molecule has 0 radical (unpaired) electrons. The number of carbonyl (C=O) groups excluding carboxylic acids is 1. The van der Waals surface area contributed by atoms with Gasteiger partial charge in [0.25, 0.3) is 0 Å². The van der Waals surface area contributed by atoms with E-state index >= 15 is 0 Å². The van der Waals surface area contributed by atoms with E-state index in [2.05, 4.69) is 22.9 Å².